The summed E-state index contributed by atoms with van der Waals surface area (Å²) in [7, 11) is -9.91. The van der Waals surface area contributed by atoms with Crippen molar-refractivity contribution in [3.05, 3.63) is 0 Å². The van der Waals surface area contributed by atoms with Gasteiger partial charge in [-0.15, -0.1) is 0 Å². The van der Waals surface area contributed by atoms with Gasteiger partial charge < -0.3 is 33.8 Å². The predicted molar refractivity (Wildman–Crippen MR) is 405 cm³/mol. The third kappa shape index (κ3) is 74.1. The maximum absolute atomic E-state index is 13.1. The fourth-order valence-corrected chi connectivity index (χ4v) is 14.0. The maximum atomic E-state index is 13.1. The molecule has 0 radical (unpaired) electrons. The summed E-state index contributed by atoms with van der Waals surface area (Å²) in [5, 5.41) is 10.6. The molecule has 0 spiro atoms. The van der Waals surface area contributed by atoms with Crippen molar-refractivity contribution in [2.75, 3.05) is 39.6 Å². The number of ether oxygens (including phenoxy) is 4. The van der Waals surface area contributed by atoms with E-state index >= 15 is 0 Å². The summed E-state index contributed by atoms with van der Waals surface area (Å²) < 4.78 is 68.6. The van der Waals surface area contributed by atoms with Crippen LogP contribution in [-0.2, 0) is 65.4 Å². The Labute approximate surface area is 607 Å². The van der Waals surface area contributed by atoms with Crippen LogP contribution in [0.5, 0.6) is 0 Å². The van der Waals surface area contributed by atoms with Gasteiger partial charge in [0, 0.05) is 25.7 Å². The molecule has 0 saturated carbocycles. The van der Waals surface area contributed by atoms with E-state index in [4.69, 9.17) is 37.0 Å². The molecule has 2 unspecified atom stereocenters. The SMILES string of the molecule is CCCCCCCCCCCCCCCCCCCCC(=O)OC[C@H](COP(=O)(O)OC[C@@H](O)COP(=O)(O)OC[C@@H](COC(=O)CCCCCCCCCC)OC(=O)CCCCCCCCCCCCCCCCC)OC(=O)CCCCCCCCCCCCCCCCCCCC. The molecule has 19 heteroatoms. The van der Waals surface area contributed by atoms with Crippen LogP contribution in [0.1, 0.15) is 432 Å². The second kappa shape index (κ2) is 74.3. The van der Waals surface area contributed by atoms with E-state index in [1.165, 1.54) is 263 Å². The molecule has 0 aliphatic carbocycles. The Hall–Kier alpha value is -1.94. The zero-order valence-corrected chi connectivity index (χ0v) is 66.3. The van der Waals surface area contributed by atoms with E-state index in [-0.39, 0.29) is 25.7 Å². The standard InChI is InChI=1S/C80H156O17P2/c1-5-9-13-17-21-25-28-31-34-36-38-41-43-46-49-53-57-61-65-78(83)91-71-76(97-80(85)67-63-59-55-51-48-45-42-39-37-35-32-29-26-22-18-14-10-6-2)73-95-99(88,89)93-69-74(81)68-92-98(86,87)94-72-75(70-90-77(82)64-60-56-52-24-20-16-12-8-4)96-79(84)66-62-58-54-50-47-44-40-33-30-27-23-19-15-11-7-3/h74-76,81H,5-73H2,1-4H3,(H,86,87)(H,88,89)/t74-,75+,76+/m0/s1. The first-order valence-electron chi connectivity index (χ1n) is 41.8. The Kier molecular flexibility index (Phi) is 72.9. The Bertz CT molecular complexity index is 1880. The van der Waals surface area contributed by atoms with Gasteiger partial charge in [-0.05, 0) is 25.7 Å². The van der Waals surface area contributed by atoms with Gasteiger partial charge in [-0.2, -0.15) is 0 Å². The Morgan fingerprint density at radius 3 is 0.596 bits per heavy atom. The first kappa shape index (κ1) is 97.1. The molecular weight excluding hydrogens is 1290 g/mol. The number of carbonyl (C=O) groups excluding carboxylic acids is 4. The highest BCUT2D eigenvalue weighted by atomic mass is 31.2. The van der Waals surface area contributed by atoms with Crippen LogP contribution in [0.4, 0.5) is 0 Å². The summed E-state index contributed by atoms with van der Waals surface area (Å²) in [4.78, 5) is 72.9. The Morgan fingerprint density at radius 1 is 0.242 bits per heavy atom. The largest absolute Gasteiger partial charge is 0.472 e. The molecule has 0 bridgehead atoms. The van der Waals surface area contributed by atoms with Crippen LogP contribution in [0.3, 0.4) is 0 Å². The Balaban J connectivity index is 5.20. The number of hydrogen-bond donors (Lipinski definition) is 3. The van der Waals surface area contributed by atoms with Gasteiger partial charge in [0.1, 0.15) is 19.3 Å². The van der Waals surface area contributed by atoms with Gasteiger partial charge >= 0.3 is 39.5 Å². The predicted octanol–water partition coefficient (Wildman–Crippen LogP) is 24.2. The Morgan fingerprint density at radius 2 is 0.404 bits per heavy atom. The van der Waals surface area contributed by atoms with E-state index in [9.17, 15) is 43.2 Å². The van der Waals surface area contributed by atoms with E-state index in [0.29, 0.717) is 25.7 Å². The fourth-order valence-electron chi connectivity index (χ4n) is 12.5. The normalized spacial score (nSPS) is 13.8. The van der Waals surface area contributed by atoms with Crippen molar-refractivity contribution in [2.45, 2.75) is 451 Å². The highest BCUT2D eigenvalue weighted by Crippen LogP contribution is 2.45. The topological polar surface area (TPSA) is 237 Å². The third-order valence-corrected chi connectivity index (χ3v) is 20.8. The van der Waals surface area contributed by atoms with Crippen molar-refractivity contribution in [2.24, 2.45) is 0 Å². The van der Waals surface area contributed by atoms with Gasteiger partial charge in [-0.25, -0.2) is 9.13 Å². The summed E-state index contributed by atoms with van der Waals surface area (Å²) in [6.07, 6.45) is 66.6. The molecule has 0 fully saturated rings. The molecule has 0 aromatic heterocycles. The lowest BCUT2D eigenvalue weighted by Crippen LogP contribution is -2.30. The molecular formula is C80H156O17P2. The van der Waals surface area contributed by atoms with Crippen molar-refractivity contribution in [3.63, 3.8) is 0 Å². The molecule has 0 aliphatic rings. The zero-order valence-electron chi connectivity index (χ0n) is 64.5. The minimum atomic E-state index is -4.96. The summed E-state index contributed by atoms with van der Waals surface area (Å²) in [5.41, 5.74) is 0. The molecule has 0 saturated heterocycles. The minimum Gasteiger partial charge on any atom is -0.462 e. The minimum absolute atomic E-state index is 0.109. The molecule has 0 aromatic rings. The van der Waals surface area contributed by atoms with Crippen LogP contribution in [0.2, 0.25) is 0 Å². The van der Waals surface area contributed by atoms with Crippen molar-refractivity contribution >= 4 is 39.5 Å². The maximum Gasteiger partial charge on any atom is 0.472 e. The van der Waals surface area contributed by atoms with E-state index in [1.807, 2.05) is 0 Å². The van der Waals surface area contributed by atoms with Crippen LogP contribution in [0.15, 0.2) is 0 Å². The van der Waals surface area contributed by atoms with Gasteiger partial charge in [0.25, 0.3) is 0 Å². The van der Waals surface area contributed by atoms with Crippen LogP contribution in [-0.4, -0.2) is 96.7 Å². The quantitative estimate of drug-likeness (QED) is 0.0222. The highest BCUT2D eigenvalue weighted by Gasteiger charge is 2.30. The molecule has 0 heterocycles. The number of hydrogen-bond acceptors (Lipinski definition) is 15. The smallest absolute Gasteiger partial charge is 0.462 e. The van der Waals surface area contributed by atoms with Gasteiger partial charge in [0.15, 0.2) is 12.2 Å². The first-order chi connectivity index (χ1) is 48.2. The highest BCUT2D eigenvalue weighted by molar-refractivity contribution is 7.47. The third-order valence-electron chi connectivity index (χ3n) is 18.9. The summed E-state index contributed by atoms with van der Waals surface area (Å²) in [6.45, 7) is 5.00. The van der Waals surface area contributed by atoms with Crippen molar-refractivity contribution in [1.82, 2.24) is 0 Å². The van der Waals surface area contributed by atoms with Crippen molar-refractivity contribution in [3.8, 4) is 0 Å². The number of esters is 4. The summed E-state index contributed by atoms with van der Waals surface area (Å²) >= 11 is 0. The molecule has 5 atom stereocenters. The van der Waals surface area contributed by atoms with Gasteiger partial charge in [-0.3, -0.25) is 37.3 Å². The van der Waals surface area contributed by atoms with E-state index in [1.54, 1.807) is 0 Å². The number of aliphatic hydroxyl groups excluding tert-OH is 1. The van der Waals surface area contributed by atoms with E-state index in [2.05, 4.69) is 27.7 Å². The average molecular weight is 1450 g/mol. The number of aliphatic hydroxyl groups is 1. The van der Waals surface area contributed by atoms with Crippen LogP contribution in [0.25, 0.3) is 0 Å². The number of unbranched alkanes of at least 4 members (excludes halogenated alkanes) is 55. The lowest BCUT2D eigenvalue weighted by Gasteiger charge is -2.21. The van der Waals surface area contributed by atoms with E-state index < -0.39 is 97.5 Å². The zero-order chi connectivity index (χ0) is 72.5. The molecule has 17 nitrogen and oxygen atoms in total. The fraction of sp³-hybridized carbons (Fsp3) is 0.950. The lowest BCUT2D eigenvalue weighted by molar-refractivity contribution is -0.161. The lowest BCUT2D eigenvalue weighted by atomic mass is 10.0. The summed E-state index contributed by atoms with van der Waals surface area (Å²) in [6, 6.07) is 0. The van der Waals surface area contributed by atoms with Gasteiger partial charge in [0.05, 0.1) is 26.4 Å². The second-order valence-electron chi connectivity index (χ2n) is 28.8. The molecule has 0 aromatic carbocycles. The van der Waals surface area contributed by atoms with Crippen LogP contribution in [0, 0.1) is 0 Å². The number of phosphoric ester groups is 2. The molecule has 99 heavy (non-hydrogen) atoms. The molecule has 3 N–H and O–H groups in total. The van der Waals surface area contributed by atoms with Gasteiger partial charge in [0.2, 0.25) is 0 Å². The molecule has 588 valence electrons. The summed E-state index contributed by atoms with van der Waals surface area (Å²) in [5.74, 6) is -2.11. The number of carbonyl (C=O) groups is 4. The first-order valence-corrected chi connectivity index (χ1v) is 44.8. The van der Waals surface area contributed by atoms with Crippen LogP contribution < -0.4 is 0 Å². The molecule has 0 aliphatic heterocycles. The van der Waals surface area contributed by atoms with Gasteiger partial charge in [-0.1, -0.05) is 381 Å². The second-order valence-corrected chi connectivity index (χ2v) is 31.7. The van der Waals surface area contributed by atoms with Crippen molar-refractivity contribution < 1.29 is 80.2 Å². The molecule has 0 rings (SSSR count). The number of rotatable bonds is 81. The molecule has 0 amide bonds. The number of phosphoric acid groups is 2. The van der Waals surface area contributed by atoms with E-state index in [0.717, 1.165) is 89.9 Å². The van der Waals surface area contributed by atoms with Crippen molar-refractivity contribution in [1.29, 1.82) is 0 Å². The monoisotopic (exact) mass is 1450 g/mol. The average Bonchev–Trinajstić information content (AvgIpc) is 1.11. The van der Waals surface area contributed by atoms with Crippen LogP contribution >= 0.6 is 15.6 Å².